The summed E-state index contributed by atoms with van der Waals surface area (Å²) in [5.74, 6) is 1.57. The van der Waals surface area contributed by atoms with E-state index in [0.29, 0.717) is 18.3 Å². The average Bonchev–Trinajstić information content (AvgIpc) is 2.90. The zero-order valence-electron chi connectivity index (χ0n) is 12.1. The summed E-state index contributed by atoms with van der Waals surface area (Å²) in [4.78, 5) is 18.2. The molecule has 2 N–H and O–H groups in total. The van der Waals surface area contributed by atoms with Crippen LogP contribution in [0.1, 0.15) is 17.6 Å². The van der Waals surface area contributed by atoms with Crippen LogP contribution in [-0.2, 0) is 13.1 Å². The van der Waals surface area contributed by atoms with Gasteiger partial charge < -0.3 is 10.6 Å². The molecule has 20 heavy (non-hydrogen) atoms. The van der Waals surface area contributed by atoms with Crippen LogP contribution < -0.4 is 10.6 Å². The van der Waals surface area contributed by atoms with Crippen molar-refractivity contribution in [2.24, 2.45) is 0 Å². The smallest absolute Gasteiger partial charge is 0.229 e. The molecule has 6 nitrogen and oxygen atoms in total. The van der Waals surface area contributed by atoms with Crippen LogP contribution in [0, 0.1) is 0 Å². The fraction of sp³-hybridized carbons (Fsp3) is 0.462. The van der Waals surface area contributed by atoms with E-state index < -0.39 is 0 Å². The first-order valence-electron chi connectivity index (χ1n) is 6.51. The lowest BCUT2D eigenvalue weighted by Gasteiger charge is -2.19. The zero-order chi connectivity index (χ0) is 14.5. The molecule has 0 radical (unpaired) electrons. The van der Waals surface area contributed by atoms with Crippen molar-refractivity contribution in [2.75, 3.05) is 31.3 Å². The van der Waals surface area contributed by atoms with E-state index >= 15 is 0 Å². The quantitative estimate of drug-likeness (QED) is 0.872. The Labute approximate surface area is 123 Å². The Hall–Kier alpha value is -1.73. The van der Waals surface area contributed by atoms with E-state index in [1.54, 1.807) is 11.3 Å². The van der Waals surface area contributed by atoms with Crippen LogP contribution in [-0.4, -0.2) is 40.5 Å². The fourth-order valence-electron chi connectivity index (χ4n) is 1.80. The highest BCUT2D eigenvalue weighted by molar-refractivity contribution is 7.09. The number of hydrogen-bond acceptors (Lipinski definition) is 7. The average molecular weight is 292 g/mol. The van der Waals surface area contributed by atoms with Gasteiger partial charge in [0, 0.05) is 25.5 Å². The van der Waals surface area contributed by atoms with Crippen molar-refractivity contribution in [3.05, 3.63) is 28.2 Å². The Morgan fingerprint density at radius 1 is 1.20 bits per heavy atom. The van der Waals surface area contributed by atoms with Crippen molar-refractivity contribution in [1.29, 1.82) is 0 Å². The van der Waals surface area contributed by atoms with E-state index in [1.165, 1.54) is 4.88 Å². The predicted molar refractivity (Wildman–Crippen MR) is 82.7 cm³/mol. The first kappa shape index (κ1) is 14.7. The van der Waals surface area contributed by atoms with Crippen LogP contribution >= 0.6 is 11.3 Å². The third-order valence-electron chi connectivity index (χ3n) is 2.86. The number of anilines is 2. The summed E-state index contributed by atoms with van der Waals surface area (Å²) in [6.45, 7) is 4.63. The van der Waals surface area contributed by atoms with E-state index in [-0.39, 0.29) is 5.95 Å². The number of nitrogen functional groups attached to an aromatic ring is 1. The van der Waals surface area contributed by atoms with E-state index in [0.717, 1.165) is 13.1 Å². The molecule has 7 heteroatoms. The third kappa shape index (κ3) is 3.88. The number of nitrogens with two attached hydrogens (primary N) is 1. The molecule has 2 aromatic heterocycles. The third-order valence-corrected chi connectivity index (χ3v) is 3.72. The molecule has 0 aliphatic carbocycles. The highest BCUT2D eigenvalue weighted by atomic mass is 32.1. The second kappa shape index (κ2) is 6.62. The van der Waals surface area contributed by atoms with E-state index in [9.17, 15) is 0 Å². The molecule has 0 bridgehead atoms. The molecule has 108 valence electrons. The number of aromatic nitrogens is 3. The minimum Gasteiger partial charge on any atom is -0.368 e. The second-order valence-corrected chi connectivity index (χ2v) is 5.72. The molecule has 2 rings (SSSR count). The van der Waals surface area contributed by atoms with E-state index in [1.807, 2.05) is 19.0 Å². The van der Waals surface area contributed by atoms with Gasteiger partial charge in [-0.15, -0.1) is 11.3 Å². The van der Waals surface area contributed by atoms with Crippen LogP contribution in [0.15, 0.2) is 17.5 Å². The molecule has 2 aromatic rings. The maximum absolute atomic E-state index is 5.75. The van der Waals surface area contributed by atoms with E-state index in [4.69, 9.17) is 5.73 Å². The molecule has 0 spiro atoms. The maximum Gasteiger partial charge on any atom is 0.229 e. The summed E-state index contributed by atoms with van der Waals surface area (Å²) in [5.41, 5.74) is 5.75. The van der Waals surface area contributed by atoms with Gasteiger partial charge in [-0.1, -0.05) is 13.0 Å². The molecule has 0 saturated heterocycles. The van der Waals surface area contributed by atoms with Gasteiger partial charge in [0.15, 0.2) is 0 Å². The summed E-state index contributed by atoms with van der Waals surface area (Å²) in [6.07, 6.45) is 0. The van der Waals surface area contributed by atoms with Crippen molar-refractivity contribution in [2.45, 2.75) is 20.0 Å². The molecule has 0 unspecified atom stereocenters. The number of rotatable bonds is 6. The van der Waals surface area contributed by atoms with Gasteiger partial charge >= 0.3 is 0 Å². The number of thiophene rings is 1. The Kier molecular flexibility index (Phi) is 4.86. The summed E-state index contributed by atoms with van der Waals surface area (Å²) in [7, 11) is 3.78. The first-order valence-corrected chi connectivity index (χ1v) is 7.39. The maximum atomic E-state index is 5.75. The monoisotopic (exact) mass is 292 g/mol. The molecule has 0 amide bonds. The summed E-state index contributed by atoms with van der Waals surface area (Å²) >= 11 is 1.76. The van der Waals surface area contributed by atoms with Gasteiger partial charge in [-0.05, 0) is 18.0 Å². The van der Waals surface area contributed by atoms with Gasteiger partial charge in [-0.2, -0.15) is 15.0 Å². The summed E-state index contributed by atoms with van der Waals surface area (Å²) in [6, 6.07) is 4.21. The van der Waals surface area contributed by atoms with Crippen LogP contribution in [0.2, 0.25) is 0 Å². The molecule has 0 aliphatic heterocycles. The van der Waals surface area contributed by atoms with Crippen LogP contribution in [0.25, 0.3) is 0 Å². The van der Waals surface area contributed by atoms with Gasteiger partial charge in [0.2, 0.25) is 11.9 Å². The predicted octanol–water partition coefficient (Wildman–Crippen LogP) is 1.60. The van der Waals surface area contributed by atoms with Gasteiger partial charge in [0.1, 0.15) is 5.82 Å². The minimum absolute atomic E-state index is 0.269. The summed E-state index contributed by atoms with van der Waals surface area (Å²) in [5, 5.41) is 2.09. The molecular formula is C13H20N6S. The minimum atomic E-state index is 0.269. The Balaban J connectivity index is 2.10. The zero-order valence-corrected chi connectivity index (χ0v) is 12.9. The van der Waals surface area contributed by atoms with Crippen molar-refractivity contribution >= 4 is 23.2 Å². The van der Waals surface area contributed by atoms with E-state index in [2.05, 4.69) is 44.3 Å². The second-order valence-electron chi connectivity index (χ2n) is 4.69. The van der Waals surface area contributed by atoms with Gasteiger partial charge in [0.25, 0.3) is 0 Å². The van der Waals surface area contributed by atoms with Crippen molar-refractivity contribution in [1.82, 2.24) is 19.9 Å². The molecule has 0 aliphatic rings. The van der Waals surface area contributed by atoms with Crippen LogP contribution in [0.3, 0.4) is 0 Å². The normalized spacial score (nSPS) is 11.0. The van der Waals surface area contributed by atoms with Gasteiger partial charge in [0.05, 0.1) is 6.54 Å². The lowest BCUT2D eigenvalue weighted by Crippen LogP contribution is -2.24. The largest absolute Gasteiger partial charge is 0.368 e. The fourth-order valence-corrected chi connectivity index (χ4v) is 2.54. The number of nitrogens with zero attached hydrogens (tertiary/aromatic N) is 5. The Morgan fingerprint density at radius 3 is 2.60 bits per heavy atom. The Morgan fingerprint density at radius 2 is 2.00 bits per heavy atom. The van der Waals surface area contributed by atoms with Gasteiger partial charge in [-0.25, -0.2) is 0 Å². The Bertz CT molecular complexity index is 540. The molecule has 0 aromatic carbocycles. The first-order chi connectivity index (χ1) is 9.58. The highest BCUT2D eigenvalue weighted by Gasteiger charge is 2.11. The standard InChI is InChI=1S/C13H20N6S/c1-4-19(8-10-6-5-7-20-10)9-11-15-12(14)17-13(16-11)18(2)3/h5-7H,4,8-9H2,1-3H3,(H2,14,15,16,17). The highest BCUT2D eigenvalue weighted by Crippen LogP contribution is 2.14. The topological polar surface area (TPSA) is 71.2 Å². The van der Waals surface area contributed by atoms with Crippen LogP contribution in [0.4, 0.5) is 11.9 Å². The SMILES string of the molecule is CCN(Cc1nc(N)nc(N(C)C)n1)Cc1cccs1. The number of hydrogen-bond donors (Lipinski definition) is 1. The lowest BCUT2D eigenvalue weighted by molar-refractivity contribution is 0.267. The molecular weight excluding hydrogens is 272 g/mol. The van der Waals surface area contributed by atoms with Crippen molar-refractivity contribution in [3.8, 4) is 0 Å². The van der Waals surface area contributed by atoms with Crippen LogP contribution in [0.5, 0.6) is 0 Å². The molecule has 0 fully saturated rings. The molecule has 0 saturated carbocycles. The molecule has 0 atom stereocenters. The van der Waals surface area contributed by atoms with Crippen molar-refractivity contribution < 1.29 is 0 Å². The van der Waals surface area contributed by atoms with Gasteiger partial charge in [-0.3, -0.25) is 4.90 Å². The molecule has 2 heterocycles. The van der Waals surface area contributed by atoms with Crippen molar-refractivity contribution in [3.63, 3.8) is 0 Å². The summed E-state index contributed by atoms with van der Waals surface area (Å²) < 4.78 is 0. The lowest BCUT2D eigenvalue weighted by atomic mass is 10.4.